The zero-order chi connectivity index (χ0) is 27.0. The molecule has 192 valence electrons. The summed E-state index contributed by atoms with van der Waals surface area (Å²) in [7, 11) is 0. The van der Waals surface area contributed by atoms with Crippen molar-refractivity contribution >= 4 is 28.9 Å². The van der Waals surface area contributed by atoms with Crippen LogP contribution in [0, 0.1) is 12.7 Å². The number of nitrogen functional groups attached to an aromatic ring is 1. The van der Waals surface area contributed by atoms with Gasteiger partial charge in [-0.2, -0.15) is 0 Å². The van der Waals surface area contributed by atoms with E-state index in [4.69, 9.17) is 5.73 Å². The molecule has 0 fully saturated rings. The van der Waals surface area contributed by atoms with Gasteiger partial charge in [0.25, 0.3) is 22.7 Å². The maximum absolute atomic E-state index is 13.5. The van der Waals surface area contributed by atoms with Crippen molar-refractivity contribution in [1.29, 1.82) is 0 Å². The summed E-state index contributed by atoms with van der Waals surface area (Å²) in [6, 6.07) is 11.1. The Morgan fingerprint density at radius 1 is 1.03 bits per heavy atom. The average Bonchev–Trinajstić information content (AvgIpc) is 3.33. The summed E-state index contributed by atoms with van der Waals surface area (Å²) < 4.78 is 13.5. The Balaban J connectivity index is 1.22. The van der Waals surface area contributed by atoms with Crippen molar-refractivity contribution in [2.45, 2.75) is 32.4 Å². The van der Waals surface area contributed by atoms with Crippen LogP contribution in [0.3, 0.4) is 0 Å². The number of anilines is 3. The van der Waals surface area contributed by atoms with Crippen LogP contribution < -0.4 is 32.5 Å². The monoisotopic (exact) mass is 514 g/mol. The topological polar surface area (TPSA) is 156 Å². The first-order chi connectivity index (χ1) is 18.2. The van der Waals surface area contributed by atoms with Gasteiger partial charge in [-0.15, -0.1) is 0 Å². The molecule has 38 heavy (non-hydrogen) atoms. The third kappa shape index (κ3) is 4.73. The molecule has 5 rings (SSSR count). The molecule has 0 bridgehead atoms. The summed E-state index contributed by atoms with van der Waals surface area (Å²) in [6.07, 6.45) is 2.50. The van der Waals surface area contributed by atoms with E-state index in [1.807, 2.05) is 12.1 Å². The third-order valence-electron chi connectivity index (χ3n) is 6.55. The van der Waals surface area contributed by atoms with Gasteiger partial charge in [-0.05, 0) is 60.2 Å². The minimum absolute atomic E-state index is 0.0316. The summed E-state index contributed by atoms with van der Waals surface area (Å²) in [5, 5.41) is 8.54. The molecule has 1 aliphatic rings. The second-order valence-corrected chi connectivity index (χ2v) is 9.10. The van der Waals surface area contributed by atoms with Gasteiger partial charge in [-0.25, -0.2) is 14.4 Å². The van der Waals surface area contributed by atoms with Crippen LogP contribution in [-0.4, -0.2) is 21.8 Å². The number of fused-ring (bicyclic) bond motifs is 1. The van der Waals surface area contributed by atoms with E-state index < -0.39 is 22.7 Å². The van der Waals surface area contributed by atoms with Gasteiger partial charge >= 0.3 is 0 Å². The van der Waals surface area contributed by atoms with E-state index in [1.54, 1.807) is 25.1 Å². The Morgan fingerprint density at radius 3 is 2.53 bits per heavy atom. The van der Waals surface area contributed by atoms with E-state index in [0.717, 1.165) is 23.0 Å². The second kappa shape index (κ2) is 9.85. The molecule has 0 aliphatic heterocycles. The van der Waals surface area contributed by atoms with Crippen molar-refractivity contribution in [3.05, 3.63) is 109 Å². The first-order valence-electron chi connectivity index (χ1n) is 11.9. The second-order valence-electron chi connectivity index (χ2n) is 9.10. The molecule has 1 aliphatic carbocycles. The predicted octanol–water partition coefficient (Wildman–Crippen LogP) is 2.19. The summed E-state index contributed by atoms with van der Waals surface area (Å²) in [5.74, 6) is -1.26. The fourth-order valence-electron chi connectivity index (χ4n) is 4.45. The standard InChI is InChI=1S/C27H23FN6O4/c1-13-8-14(2-6-18(13)28)11-30-26(37)20-10-21(32-12-31-20)27(38)34-19-7-3-15-9-16(4-5-17(15)19)33-23-22(29)24(35)25(23)36/h2,4-6,8-10,12,19,33H,3,7,11,29H2,1H3,(H,30,37)(H,34,38)/t19-/m0/s1. The Bertz CT molecular complexity index is 1660. The highest BCUT2D eigenvalue weighted by Gasteiger charge is 2.26. The van der Waals surface area contributed by atoms with Crippen LogP contribution >= 0.6 is 0 Å². The molecule has 1 aromatic heterocycles. The molecule has 2 amide bonds. The maximum Gasteiger partial charge on any atom is 0.270 e. The summed E-state index contributed by atoms with van der Waals surface area (Å²) in [5.41, 5.74) is 8.08. The lowest BCUT2D eigenvalue weighted by Gasteiger charge is -2.15. The number of aryl methyl sites for hydroxylation is 2. The van der Waals surface area contributed by atoms with Crippen molar-refractivity contribution in [3.8, 4) is 0 Å². The van der Waals surface area contributed by atoms with E-state index in [-0.39, 0.29) is 41.2 Å². The van der Waals surface area contributed by atoms with Gasteiger partial charge in [-0.3, -0.25) is 19.2 Å². The Labute approximate surface area is 215 Å². The third-order valence-corrected chi connectivity index (χ3v) is 6.55. The maximum atomic E-state index is 13.5. The number of carbonyl (C=O) groups excluding carboxylic acids is 2. The number of benzene rings is 2. The van der Waals surface area contributed by atoms with E-state index in [1.165, 1.54) is 12.1 Å². The van der Waals surface area contributed by atoms with E-state index >= 15 is 0 Å². The van der Waals surface area contributed by atoms with Gasteiger partial charge in [0.1, 0.15) is 34.9 Å². The first-order valence-corrected chi connectivity index (χ1v) is 11.9. The van der Waals surface area contributed by atoms with Crippen molar-refractivity contribution in [2.24, 2.45) is 0 Å². The number of hydrogen-bond donors (Lipinski definition) is 4. The summed E-state index contributed by atoms with van der Waals surface area (Å²) in [6.45, 7) is 1.82. The Hall–Kier alpha value is -4.93. The van der Waals surface area contributed by atoms with Gasteiger partial charge in [0.05, 0.1) is 6.04 Å². The largest absolute Gasteiger partial charge is 0.394 e. The minimum atomic E-state index is -0.690. The summed E-state index contributed by atoms with van der Waals surface area (Å²) in [4.78, 5) is 56.5. The quantitative estimate of drug-likeness (QED) is 0.274. The molecule has 3 aromatic carbocycles. The normalized spacial score (nSPS) is 14.2. The van der Waals surface area contributed by atoms with Crippen molar-refractivity contribution in [2.75, 3.05) is 11.1 Å². The number of aromatic nitrogens is 2. The smallest absolute Gasteiger partial charge is 0.270 e. The number of rotatable bonds is 7. The van der Waals surface area contributed by atoms with Crippen LogP contribution in [0.1, 0.15) is 55.7 Å². The molecular formula is C27H23FN6O4. The van der Waals surface area contributed by atoms with Crippen LogP contribution in [0.2, 0.25) is 0 Å². The van der Waals surface area contributed by atoms with Gasteiger partial charge in [0.15, 0.2) is 0 Å². The number of nitrogens with one attached hydrogen (secondary N) is 3. The number of halogens is 1. The number of nitrogens with two attached hydrogens (primary N) is 1. The molecule has 10 nitrogen and oxygen atoms in total. The van der Waals surface area contributed by atoms with Crippen LogP contribution in [0.15, 0.2) is 58.4 Å². The molecule has 0 saturated carbocycles. The molecule has 5 N–H and O–H groups in total. The molecular weight excluding hydrogens is 491 g/mol. The Morgan fingerprint density at radius 2 is 1.79 bits per heavy atom. The molecule has 0 unspecified atom stereocenters. The molecule has 0 saturated heterocycles. The van der Waals surface area contributed by atoms with Crippen molar-refractivity contribution < 1.29 is 14.0 Å². The lowest BCUT2D eigenvalue weighted by Crippen LogP contribution is -2.36. The number of amides is 2. The van der Waals surface area contributed by atoms with Crippen LogP contribution in [0.4, 0.5) is 21.5 Å². The number of nitrogens with zero attached hydrogens (tertiary/aromatic N) is 2. The molecule has 1 atom stereocenters. The SMILES string of the molecule is Cc1cc(CNC(=O)c2cc(C(=O)N[C@H]3CCc4cc(Nc5c(N)c(=O)c5=O)ccc43)ncn2)ccc1F. The highest BCUT2D eigenvalue weighted by molar-refractivity contribution is 5.97. The van der Waals surface area contributed by atoms with Gasteiger partial charge in [-0.1, -0.05) is 18.2 Å². The van der Waals surface area contributed by atoms with Gasteiger partial charge in [0.2, 0.25) is 0 Å². The van der Waals surface area contributed by atoms with Crippen LogP contribution in [0.25, 0.3) is 0 Å². The van der Waals surface area contributed by atoms with Crippen molar-refractivity contribution in [1.82, 2.24) is 20.6 Å². The number of carbonyl (C=O) groups is 2. The lowest BCUT2D eigenvalue weighted by atomic mass is 10.1. The van der Waals surface area contributed by atoms with Crippen molar-refractivity contribution in [3.63, 3.8) is 0 Å². The van der Waals surface area contributed by atoms with Crippen LogP contribution in [-0.2, 0) is 13.0 Å². The van der Waals surface area contributed by atoms with E-state index in [2.05, 4.69) is 25.9 Å². The average molecular weight is 515 g/mol. The van der Waals surface area contributed by atoms with Crippen LogP contribution in [0.5, 0.6) is 0 Å². The molecule has 0 spiro atoms. The number of hydrogen-bond acceptors (Lipinski definition) is 8. The summed E-state index contributed by atoms with van der Waals surface area (Å²) >= 11 is 0. The minimum Gasteiger partial charge on any atom is -0.394 e. The zero-order valence-electron chi connectivity index (χ0n) is 20.3. The lowest BCUT2D eigenvalue weighted by molar-refractivity contribution is 0.0931. The fraction of sp³-hybridized carbons (Fsp3) is 0.185. The fourth-order valence-corrected chi connectivity index (χ4v) is 4.45. The Kier molecular flexibility index (Phi) is 6.41. The molecule has 1 heterocycles. The van der Waals surface area contributed by atoms with Gasteiger partial charge < -0.3 is 21.7 Å². The molecule has 4 aromatic rings. The zero-order valence-corrected chi connectivity index (χ0v) is 20.3. The van der Waals surface area contributed by atoms with E-state index in [0.29, 0.717) is 24.1 Å². The highest BCUT2D eigenvalue weighted by atomic mass is 19.1. The van der Waals surface area contributed by atoms with E-state index in [9.17, 15) is 23.6 Å². The molecule has 11 heteroatoms. The highest BCUT2D eigenvalue weighted by Crippen LogP contribution is 2.34. The molecule has 0 radical (unpaired) electrons. The first kappa shape index (κ1) is 24.8. The van der Waals surface area contributed by atoms with Gasteiger partial charge in [0, 0.05) is 18.3 Å². The predicted molar refractivity (Wildman–Crippen MR) is 138 cm³/mol.